The quantitative estimate of drug-likeness (QED) is 0.399. The number of hydrogen-bond donors (Lipinski definition) is 3. The van der Waals surface area contributed by atoms with Crippen LogP contribution in [0.2, 0.25) is 0 Å². The average Bonchev–Trinajstić information content (AvgIpc) is 2.33. The van der Waals surface area contributed by atoms with Crippen LogP contribution in [-0.4, -0.2) is 52.5 Å². The first-order chi connectivity index (χ1) is 8.44. The van der Waals surface area contributed by atoms with E-state index in [1.807, 2.05) is 0 Å². The van der Waals surface area contributed by atoms with Gasteiger partial charge in [0.1, 0.15) is 5.54 Å². The largest absolute Gasteiger partial charge is 0.465 e. The number of aliphatic hydroxyl groups is 2. The Labute approximate surface area is 113 Å². The number of hydrogen-bond acceptors (Lipinski definition) is 6. The molecule has 0 rings (SSSR count). The smallest absolute Gasteiger partial charge is 0.325 e. The fourth-order valence-corrected chi connectivity index (χ4v) is 2.32. The molecule has 108 valence electrons. The maximum absolute atomic E-state index is 11.5. The highest BCUT2D eigenvalue weighted by atomic mass is 32.2. The molecule has 0 bridgehead atoms. The van der Waals surface area contributed by atoms with Gasteiger partial charge in [0, 0.05) is 5.75 Å². The van der Waals surface area contributed by atoms with Gasteiger partial charge in [-0.2, -0.15) is 11.8 Å². The summed E-state index contributed by atoms with van der Waals surface area (Å²) in [5.74, 6) is 1.07. The molecule has 0 aromatic heterocycles. The predicted octanol–water partition coefficient (Wildman–Crippen LogP) is 0.524. The summed E-state index contributed by atoms with van der Waals surface area (Å²) in [7, 11) is 0. The molecular weight excluding hydrogens is 254 g/mol. The molecule has 6 heteroatoms. The number of esters is 1. The van der Waals surface area contributed by atoms with Gasteiger partial charge in [0.15, 0.2) is 0 Å². The second-order valence-electron chi connectivity index (χ2n) is 4.51. The number of thioether (sulfide) groups is 1. The zero-order valence-corrected chi connectivity index (χ0v) is 12.0. The Morgan fingerprint density at radius 1 is 1.50 bits per heavy atom. The molecule has 5 nitrogen and oxygen atoms in total. The molecule has 0 saturated carbocycles. The number of unbranched alkanes of at least 4 members (excludes halogenated alkanes) is 1. The third-order valence-corrected chi connectivity index (χ3v) is 3.70. The summed E-state index contributed by atoms with van der Waals surface area (Å²) in [5.41, 5.74) is 4.97. The van der Waals surface area contributed by atoms with Gasteiger partial charge in [-0.1, -0.05) is 6.42 Å². The van der Waals surface area contributed by atoms with Crippen molar-refractivity contribution in [3.63, 3.8) is 0 Å². The summed E-state index contributed by atoms with van der Waals surface area (Å²) in [6, 6.07) is 0. The van der Waals surface area contributed by atoms with E-state index in [1.54, 1.807) is 25.6 Å². The van der Waals surface area contributed by atoms with Crippen molar-refractivity contribution in [2.24, 2.45) is 5.73 Å². The molecule has 18 heavy (non-hydrogen) atoms. The second-order valence-corrected chi connectivity index (χ2v) is 5.66. The summed E-state index contributed by atoms with van der Waals surface area (Å²) in [6.07, 6.45) is 1.71. The minimum atomic E-state index is -0.911. The van der Waals surface area contributed by atoms with Crippen molar-refractivity contribution in [1.82, 2.24) is 0 Å². The molecule has 0 spiro atoms. The average molecular weight is 279 g/mol. The van der Waals surface area contributed by atoms with Gasteiger partial charge in [-0.15, -0.1) is 0 Å². The van der Waals surface area contributed by atoms with Crippen LogP contribution in [0.3, 0.4) is 0 Å². The van der Waals surface area contributed by atoms with E-state index in [4.69, 9.17) is 20.7 Å². The minimum absolute atomic E-state index is 0.198. The van der Waals surface area contributed by atoms with E-state index in [9.17, 15) is 4.79 Å². The third-order valence-electron chi connectivity index (χ3n) is 2.50. The van der Waals surface area contributed by atoms with Crippen molar-refractivity contribution in [3.05, 3.63) is 0 Å². The summed E-state index contributed by atoms with van der Waals surface area (Å²) in [5, 5.41) is 17.7. The van der Waals surface area contributed by atoms with Gasteiger partial charge in [-0.3, -0.25) is 4.79 Å². The Balaban J connectivity index is 3.61. The van der Waals surface area contributed by atoms with Crippen molar-refractivity contribution < 1.29 is 19.7 Å². The van der Waals surface area contributed by atoms with Crippen molar-refractivity contribution in [2.75, 3.05) is 24.7 Å². The lowest BCUT2D eigenvalue weighted by atomic mass is 9.96. The van der Waals surface area contributed by atoms with Gasteiger partial charge in [0.2, 0.25) is 0 Å². The molecular formula is C12H25NO4S. The van der Waals surface area contributed by atoms with Crippen LogP contribution in [0, 0.1) is 0 Å². The van der Waals surface area contributed by atoms with E-state index in [2.05, 4.69) is 0 Å². The number of carbonyl (C=O) groups excluding carboxylic acids is 1. The number of carbonyl (C=O) groups is 1. The Morgan fingerprint density at radius 2 is 2.17 bits per heavy atom. The molecule has 0 aromatic carbocycles. The van der Waals surface area contributed by atoms with Gasteiger partial charge >= 0.3 is 5.97 Å². The summed E-state index contributed by atoms with van der Waals surface area (Å²) >= 11 is 1.59. The van der Waals surface area contributed by atoms with Crippen LogP contribution in [-0.2, 0) is 9.53 Å². The Kier molecular flexibility index (Phi) is 9.45. The molecule has 0 saturated heterocycles. The van der Waals surface area contributed by atoms with E-state index < -0.39 is 11.6 Å². The van der Waals surface area contributed by atoms with Crippen molar-refractivity contribution in [2.45, 2.75) is 44.8 Å². The van der Waals surface area contributed by atoms with Crippen molar-refractivity contribution in [1.29, 1.82) is 0 Å². The Morgan fingerprint density at radius 3 is 2.72 bits per heavy atom. The van der Waals surface area contributed by atoms with Crippen LogP contribution in [0.4, 0.5) is 0 Å². The number of aliphatic hydroxyl groups excluding tert-OH is 2. The standard InChI is InChI=1S/C12H25NO4S/c1-3-17-11(16)12(2,13)6-4-5-7-18-9-10(15)8-14/h10,14-15H,3-9,13H2,1-2H3. The third kappa shape index (κ3) is 7.92. The molecule has 0 radical (unpaired) electrons. The van der Waals surface area contributed by atoms with Crippen LogP contribution in [0.5, 0.6) is 0 Å². The maximum Gasteiger partial charge on any atom is 0.325 e. The SMILES string of the molecule is CCOC(=O)C(C)(N)CCCCSCC(O)CO. The van der Waals surface area contributed by atoms with Crippen molar-refractivity contribution >= 4 is 17.7 Å². The molecule has 0 aliphatic rings. The molecule has 0 heterocycles. The van der Waals surface area contributed by atoms with Crippen LogP contribution in [0.15, 0.2) is 0 Å². The van der Waals surface area contributed by atoms with Gasteiger partial charge in [-0.25, -0.2) is 0 Å². The van der Waals surface area contributed by atoms with E-state index in [0.29, 0.717) is 18.8 Å². The van der Waals surface area contributed by atoms with Crippen LogP contribution in [0.1, 0.15) is 33.1 Å². The predicted molar refractivity (Wildman–Crippen MR) is 73.5 cm³/mol. The highest BCUT2D eigenvalue weighted by Crippen LogP contribution is 2.15. The highest BCUT2D eigenvalue weighted by Gasteiger charge is 2.28. The molecule has 0 aliphatic carbocycles. The first-order valence-corrected chi connectivity index (χ1v) is 7.42. The topological polar surface area (TPSA) is 92.8 Å². The van der Waals surface area contributed by atoms with Gasteiger partial charge < -0.3 is 20.7 Å². The zero-order chi connectivity index (χ0) is 14.0. The number of ether oxygens (including phenoxy) is 1. The zero-order valence-electron chi connectivity index (χ0n) is 11.2. The summed E-state index contributed by atoms with van der Waals surface area (Å²) < 4.78 is 4.90. The lowest BCUT2D eigenvalue weighted by Crippen LogP contribution is -2.46. The fourth-order valence-electron chi connectivity index (χ4n) is 1.37. The minimum Gasteiger partial charge on any atom is -0.465 e. The van der Waals surface area contributed by atoms with E-state index in [-0.39, 0.29) is 12.6 Å². The first-order valence-electron chi connectivity index (χ1n) is 6.26. The lowest BCUT2D eigenvalue weighted by molar-refractivity contribution is -0.149. The molecule has 0 amide bonds. The van der Waals surface area contributed by atoms with Crippen LogP contribution >= 0.6 is 11.8 Å². The first kappa shape index (κ1) is 17.7. The van der Waals surface area contributed by atoms with Crippen molar-refractivity contribution in [3.8, 4) is 0 Å². The Bertz CT molecular complexity index is 236. The molecule has 4 N–H and O–H groups in total. The molecule has 2 unspecified atom stereocenters. The number of nitrogens with two attached hydrogens (primary N) is 1. The monoisotopic (exact) mass is 279 g/mol. The molecule has 2 atom stereocenters. The molecule has 0 fully saturated rings. The van der Waals surface area contributed by atoms with Gasteiger partial charge in [-0.05, 0) is 32.4 Å². The highest BCUT2D eigenvalue weighted by molar-refractivity contribution is 7.99. The number of rotatable bonds is 10. The fraction of sp³-hybridized carbons (Fsp3) is 0.917. The van der Waals surface area contributed by atoms with Crippen LogP contribution < -0.4 is 5.73 Å². The molecule has 0 aromatic rings. The summed E-state index contributed by atoms with van der Waals surface area (Å²) in [4.78, 5) is 11.5. The maximum atomic E-state index is 11.5. The van der Waals surface area contributed by atoms with E-state index in [1.165, 1.54) is 0 Å². The van der Waals surface area contributed by atoms with E-state index >= 15 is 0 Å². The lowest BCUT2D eigenvalue weighted by Gasteiger charge is -2.21. The Hall–Kier alpha value is -0.300. The van der Waals surface area contributed by atoms with Crippen LogP contribution in [0.25, 0.3) is 0 Å². The molecule has 0 aliphatic heterocycles. The summed E-state index contributed by atoms with van der Waals surface area (Å²) in [6.45, 7) is 3.60. The van der Waals surface area contributed by atoms with Gasteiger partial charge in [0.25, 0.3) is 0 Å². The van der Waals surface area contributed by atoms with E-state index in [0.717, 1.165) is 18.6 Å². The van der Waals surface area contributed by atoms with Gasteiger partial charge in [0.05, 0.1) is 19.3 Å². The second kappa shape index (κ2) is 9.61. The normalized spacial score (nSPS) is 16.1.